The number of hydrogen-bond donors (Lipinski definition) is 4. The summed E-state index contributed by atoms with van der Waals surface area (Å²) in [6.45, 7) is 1.63. The number of aliphatic hydroxyl groups is 1. The number of rotatable bonds is 3. The average molecular weight is 401 g/mol. The highest BCUT2D eigenvalue weighted by Crippen LogP contribution is 2.26. The van der Waals surface area contributed by atoms with Crippen LogP contribution in [-0.4, -0.2) is 58.6 Å². The van der Waals surface area contributed by atoms with E-state index in [2.05, 4.69) is 16.0 Å². The second-order valence-corrected chi connectivity index (χ2v) is 7.23. The zero-order chi connectivity index (χ0) is 19.0. The van der Waals surface area contributed by atoms with E-state index in [4.69, 9.17) is 23.2 Å². The largest absolute Gasteiger partial charge is 0.391 e. The molecule has 0 aliphatic carbocycles. The van der Waals surface area contributed by atoms with Crippen LogP contribution in [0.4, 0.5) is 10.5 Å². The lowest BCUT2D eigenvalue weighted by Crippen LogP contribution is -2.64. The second-order valence-electron chi connectivity index (χ2n) is 6.39. The third-order valence-corrected chi connectivity index (χ3v) is 5.01. The number of nitrogens with one attached hydrogen (secondary N) is 3. The van der Waals surface area contributed by atoms with E-state index in [1.165, 1.54) is 17.9 Å². The molecular formula is C16H18Cl2N4O4. The van der Waals surface area contributed by atoms with E-state index in [1.54, 1.807) is 12.1 Å². The van der Waals surface area contributed by atoms with Gasteiger partial charge in [0, 0.05) is 11.6 Å². The normalized spacial score (nSPS) is 26.2. The summed E-state index contributed by atoms with van der Waals surface area (Å²) in [5.74, 6) is -0.690. The van der Waals surface area contributed by atoms with Crippen LogP contribution in [0.1, 0.15) is 13.3 Å². The SMILES string of the molecule is C[C@H](O)[C@H]1NC(=O)[C@@H]2C[C@H](NC(=O)Nc3cc(Cl)ccc3Cl)CN2C1=O. The van der Waals surface area contributed by atoms with E-state index >= 15 is 0 Å². The first-order valence-electron chi connectivity index (χ1n) is 8.07. The number of halogens is 2. The Morgan fingerprint density at radius 3 is 2.81 bits per heavy atom. The summed E-state index contributed by atoms with van der Waals surface area (Å²) in [5.41, 5.74) is 0.357. The van der Waals surface area contributed by atoms with Crippen LogP contribution < -0.4 is 16.0 Å². The maximum atomic E-state index is 12.4. The van der Waals surface area contributed by atoms with Crippen molar-refractivity contribution in [2.45, 2.75) is 37.6 Å². The summed E-state index contributed by atoms with van der Waals surface area (Å²) in [4.78, 5) is 38.2. The molecule has 26 heavy (non-hydrogen) atoms. The maximum Gasteiger partial charge on any atom is 0.319 e. The number of amides is 4. The molecule has 10 heteroatoms. The zero-order valence-corrected chi connectivity index (χ0v) is 15.3. The minimum atomic E-state index is -0.993. The Balaban J connectivity index is 1.64. The molecule has 3 rings (SSSR count). The van der Waals surface area contributed by atoms with Crippen LogP contribution in [0.3, 0.4) is 0 Å². The van der Waals surface area contributed by atoms with Crippen molar-refractivity contribution in [2.75, 3.05) is 11.9 Å². The molecular weight excluding hydrogens is 383 g/mol. The predicted molar refractivity (Wildman–Crippen MR) is 96.1 cm³/mol. The molecule has 2 fully saturated rings. The van der Waals surface area contributed by atoms with Crippen LogP contribution in [0.15, 0.2) is 18.2 Å². The first-order valence-corrected chi connectivity index (χ1v) is 8.83. The van der Waals surface area contributed by atoms with Gasteiger partial charge in [0.1, 0.15) is 12.1 Å². The third kappa shape index (κ3) is 3.72. The molecule has 0 bridgehead atoms. The lowest BCUT2D eigenvalue weighted by molar-refractivity contribution is -0.149. The van der Waals surface area contributed by atoms with Crippen molar-refractivity contribution in [3.05, 3.63) is 28.2 Å². The highest BCUT2D eigenvalue weighted by molar-refractivity contribution is 6.35. The van der Waals surface area contributed by atoms with Crippen molar-refractivity contribution < 1.29 is 19.5 Å². The molecule has 2 saturated heterocycles. The standard InChI is InChI=1S/C16H18Cl2N4O4/c1-7(23)13-15(25)22-6-9(5-12(22)14(24)21-13)19-16(26)20-11-4-8(17)2-3-10(11)18/h2-4,7,9,12-13,23H,5-6H2,1H3,(H,21,24)(H2,19,20,26)/t7-,9-,12-,13+/m0/s1. The van der Waals surface area contributed by atoms with E-state index in [0.29, 0.717) is 22.2 Å². The number of nitrogens with zero attached hydrogens (tertiary/aromatic N) is 1. The minimum absolute atomic E-state index is 0.191. The molecule has 0 aromatic heterocycles. The molecule has 0 saturated carbocycles. The van der Waals surface area contributed by atoms with Crippen LogP contribution in [0, 0.1) is 0 Å². The van der Waals surface area contributed by atoms with Gasteiger partial charge in [0.2, 0.25) is 11.8 Å². The molecule has 4 amide bonds. The van der Waals surface area contributed by atoms with Gasteiger partial charge in [0.05, 0.1) is 22.9 Å². The number of urea groups is 1. The maximum absolute atomic E-state index is 12.4. The third-order valence-electron chi connectivity index (χ3n) is 4.44. The highest BCUT2D eigenvalue weighted by Gasteiger charge is 2.47. The van der Waals surface area contributed by atoms with Gasteiger partial charge in [-0.05, 0) is 31.5 Å². The number of piperazine rings is 1. The number of aliphatic hydroxyl groups excluding tert-OH is 1. The molecule has 0 spiro atoms. The highest BCUT2D eigenvalue weighted by atomic mass is 35.5. The summed E-state index contributed by atoms with van der Waals surface area (Å²) >= 11 is 11.9. The summed E-state index contributed by atoms with van der Waals surface area (Å²) in [6.07, 6.45) is -0.700. The molecule has 8 nitrogen and oxygen atoms in total. The number of carbonyl (C=O) groups excluding carboxylic acids is 3. The van der Waals surface area contributed by atoms with Gasteiger partial charge in [-0.25, -0.2) is 4.79 Å². The van der Waals surface area contributed by atoms with E-state index in [9.17, 15) is 19.5 Å². The molecule has 1 aromatic rings. The van der Waals surface area contributed by atoms with Crippen molar-refractivity contribution in [2.24, 2.45) is 0 Å². The van der Waals surface area contributed by atoms with Crippen molar-refractivity contribution >= 4 is 46.7 Å². The van der Waals surface area contributed by atoms with Gasteiger partial charge in [-0.3, -0.25) is 9.59 Å². The number of fused-ring (bicyclic) bond motifs is 1. The van der Waals surface area contributed by atoms with E-state index < -0.39 is 30.3 Å². The van der Waals surface area contributed by atoms with Crippen molar-refractivity contribution in [1.29, 1.82) is 0 Å². The Bertz CT molecular complexity index is 758. The second kappa shape index (κ2) is 7.30. The van der Waals surface area contributed by atoms with Crippen LogP contribution >= 0.6 is 23.2 Å². The Hall–Kier alpha value is -2.03. The molecule has 1 aromatic carbocycles. The Kier molecular flexibility index (Phi) is 5.27. The summed E-state index contributed by atoms with van der Waals surface area (Å²) in [7, 11) is 0. The zero-order valence-electron chi connectivity index (χ0n) is 13.8. The van der Waals surface area contributed by atoms with Gasteiger partial charge < -0.3 is 26.0 Å². The smallest absolute Gasteiger partial charge is 0.319 e. The lowest BCUT2D eigenvalue weighted by Gasteiger charge is -2.35. The Labute approximate surface area is 159 Å². The molecule has 140 valence electrons. The molecule has 4 N–H and O–H groups in total. The Morgan fingerprint density at radius 2 is 2.12 bits per heavy atom. The topological polar surface area (TPSA) is 111 Å². The number of hydrogen-bond acceptors (Lipinski definition) is 4. The van der Waals surface area contributed by atoms with Gasteiger partial charge >= 0.3 is 6.03 Å². The first-order chi connectivity index (χ1) is 12.3. The average Bonchev–Trinajstić information content (AvgIpc) is 2.98. The van der Waals surface area contributed by atoms with E-state index in [-0.39, 0.29) is 18.4 Å². The molecule has 2 aliphatic rings. The lowest BCUT2D eigenvalue weighted by atomic mass is 10.0. The molecule has 2 aliphatic heterocycles. The van der Waals surface area contributed by atoms with Crippen molar-refractivity contribution in [3.63, 3.8) is 0 Å². The van der Waals surface area contributed by atoms with Crippen LogP contribution in [0.25, 0.3) is 0 Å². The van der Waals surface area contributed by atoms with Crippen LogP contribution in [0.2, 0.25) is 10.0 Å². The number of anilines is 1. The van der Waals surface area contributed by atoms with E-state index in [1.807, 2.05) is 0 Å². The molecule has 0 unspecified atom stereocenters. The molecule has 0 radical (unpaired) electrons. The number of benzene rings is 1. The van der Waals surface area contributed by atoms with Crippen LogP contribution in [0.5, 0.6) is 0 Å². The van der Waals surface area contributed by atoms with Gasteiger partial charge in [-0.2, -0.15) is 0 Å². The fourth-order valence-corrected chi connectivity index (χ4v) is 3.52. The van der Waals surface area contributed by atoms with E-state index in [0.717, 1.165) is 0 Å². The summed E-state index contributed by atoms with van der Waals surface area (Å²) in [6, 6.07) is 2.15. The fraction of sp³-hybridized carbons (Fsp3) is 0.438. The Morgan fingerprint density at radius 1 is 1.38 bits per heavy atom. The van der Waals surface area contributed by atoms with Gasteiger partial charge in [0.15, 0.2) is 0 Å². The molecule has 4 atom stereocenters. The fourth-order valence-electron chi connectivity index (χ4n) is 3.19. The predicted octanol–water partition coefficient (Wildman–Crippen LogP) is 0.964. The summed E-state index contributed by atoms with van der Waals surface area (Å²) < 4.78 is 0. The number of carbonyl (C=O) groups is 3. The first kappa shape index (κ1) is 18.8. The summed E-state index contributed by atoms with van der Waals surface area (Å²) in [5, 5.41) is 18.3. The van der Waals surface area contributed by atoms with Crippen LogP contribution in [-0.2, 0) is 9.59 Å². The molecule has 2 heterocycles. The minimum Gasteiger partial charge on any atom is -0.391 e. The monoisotopic (exact) mass is 400 g/mol. The van der Waals surface area contributed by atoms with Crippen molar-refractivity contribution in [1.82, 2.24) is 15.5 Å². The van der Waals surface area contributed by atoms with Crippen molar-refractivity contribution in [3.8, 4) is 0 Å². The quantitative estimate of drug-likeness (QED) is 0.605. The van der Waals surface area contributed by atoms with Gasteiger partial charge in [-0.15, -0.1) is 0 Å². The van der Waals surface area contributed by atoms with Gasteiger partial charge in [-0.1, -0.05) is 23.2 Å². The van der Waals surface area contributed by atoms with Gasteiger partial charge in [0.25, 0.3) is 0 Å².